The summed E-state index contributed by atoms with van der Waals surface area (Å²) in [5, 5.41) is 0. The van der Waals surface area contributed by atoms with Crippen LogP contribution in [0.3, 0.4) is 0 Å². The van der Waals surface area contributed by atoms with Crippen molar-refractivity contribution in [2.24, 2.45) is 0 Å². The summed E-state index contributed by atoms with van der Waals surface area (Å²) in [6.45, 7) is 6.51. The summed E-state index contributed by atoms with van der Waals surface area (Å²) in [4.78, 5) is 37.2. The lowest BCUT2D eigenvalue weighted by molar-refractivity contribution is -0.167. The third-order valence-corrected chi connectivity index (χ3v) is 8.77. The zero-order valence-corrected chi connectivity index (χ0v) is 31.3. The first-order valence-corrected chi connectivity index (χ1v) is 20.2. The van der Waals surface area contributed by atoms with E-state index in [4.69, 9.17) is 14.2 Å². The first-order valence-electron chi connectivity index (χ1n) is 20.2. The molecule has 0 aliphatic carbocycles. The highest BCUT2D eigenvalue weighted by Crippen LogP contribution is 2.13. The van der Waals surface area contributed by atoms with E-state index >= 15 is 0 Å². The van der Waals surface area contributed by atoms with E-state index < -0.39 is 6.10 Å². The van der Waals surface area contributed by atoms with Crippen molar-refractivity contribution in [1.29, 1.82) is 0 Å². The number of carbonyl (C=O) groups excluding carboxylic acids is 3. The van der Waals surface area contributed by atoms with Crippen molar-refractivity contribution < 1.29 is 28.6 Å². The van der Waals surface area contributed by atoms with Gasteiger partial charge in [0.05, 0.1) is 0 Å². The Morgan fingerprint density at radius 2 is 0.702 bits per heavy atom. The summed E-state index contributed by atoms with van der Waals surface area (Å²) >= 11 is 0. The molecule has 0 fully saturated rings. The molecule has 0 aromatic heterocycles. The van der Waals surface area contributed by atoms with Gasteiger partial charge in [0.1, 0.15) is 13.2 Å². The number of carbonyl (C=O) groups is 3. The van der Waals surface area contributed by atoms with Gasteiger partial charge in [-0.1, -0.05) is 161 Å². The fraction of sp³-hybridized carbons (Fsp3) is 0.878. The Balaban J connectivity index is 4.23. The van der Waals surface area contributed by atoms with Crippen LogP contribution in [-0.2, 0) is 28.6 Å². The Morgan fingerprint density at radius 3 is 1.06 bits per heavy atom. The highest BCUT2D eigenvalue weighted by atomic mass is 16.6. The van der Waals surface area contributed by atoms with E-state index in [1.165, 1.54) is 103 Å². The van der Waals surface area contributed by atoms with Crippen LogP contribution in [0.15, 0.2) is 12.2 Å². The predicted molar refractivity (Wildman–Crippen MR) is 196 cm³/mol. The Hall–Kier alpha value is -1.85. The van der Waals surface area contributed by atoms with E-state index in [-0.39, 0.29) is 31.1 Å². The Bertz CT molecular complexity index is 733. The Kier molecular flexibility index (Phi) is 35.5. The Labute approximate surface area is 290 Å². The van der Waals surface area contributed by atoms with E-state index in [9.17, 15) is 14.4 Å². The van der Waals surface area contributed by atoms with Gasteiger partial charge in [-0.05, 0) is 44.9 Å². The van der Waals surface area contributed by atoms with Gasteiger partial charge in [0.25, 0.3) is 0 Å². The lowest BCUT2D eigenvalue weighted by Crippen LogP contribution is -2.30. The standard InChI is InChI=1S/C41H76O6/c1-4-7-10-13-15-17-18-19-20-21-22-24-25-28-31-34-40(43)46-37-38(36-45-39(42)33-30-27-12-9-6-3)47-41(44)35-32-29-26-23-16-14-11-8-5-2/h19-20,38H,4-18,21-37H2,1-3H3/b20-19-. The van der Waals surface area contributed by atoms with Crippen molar-refractivity contribution in [3.63, 3.8) is 0 Å². The average Bonchev–Trinajstić information content (AvgIpc) is 3.06. The zero-order chi connectivity index (χ0) is 34.5. The lowest BCUT2D eigenvalue weighted by Gasteiger charge is -2.18. The maximum Gasteiger partial charge on any atom is 0.306 e. The largest absolute Gasteiger partial charge is 0.462 e. The molecule has 0 rings (SSSR count). The van der Waals surface area contributed by atoms with E-state index in [2.05, 4.69) is 32.9 Å². The van der Waals surface area contributed by atoms with Crippen LogP contribution in [0.25, 0.3) is 0 Å². The minimum absolute atomic E-state index is 0.0715. The van der Waals surface area contributed by atoms with Crippen LogP contribution in [0.4, 0.5) is 0 Å². The number of allylic oxidation sites excluding steroid dienone is 2. The van der Waals surface area contributed by atoms with Gasteiger partial charge < -0.3 is 14.2 Å². The highest BCUT2D eigenvalue weighted by Gasteiger charge is 2.19. The maximum absolute atomic E-state index is 12.5. The molecule has 1 atom stereocenters. The summed E-state index contributed by atoms with van der Waals surface area (Å²) in [6.07, 6.45) is 36.5. The quantitative estimate of drug-likeness (QED) is 0.0287. The molecule has 0 aromatic carbocycles. The monoisotopic (exact) mass is 665 g/mol. The molecule has 0 aromatic rings. The lowest BCUT2D eigenvalue weighted by atomic mass is 10.1. The van der Waals surface area contributed by atoms with Gasteiger partial charge in [0.15, 0.2) is 6.10 Å². The summed E-state index contributed by atoms with van der Waals surface area (Å²) < 4.78 is 16.5. The van der Waals surface area contributed by atoms with Gasteiger partial charge in [-0.25, -0.2) is 0 Å². The van der Waals surface area contributed by atoms with Crippen molar-refractivity contribution in [3.05, 3.63) is 12.2 Å². The van der Waals surface area contributed by atoms with E-state index in [1.54, 1.807) is 0 Å². The van der Waals surface area contributed by atoms with Gasteiger partial charge >= 0.3 is 17.9 Å². The molecule has 0 radical (unpaired) electrons. The van der Waals surface area contributed by atoms with Gasteiger partial charge in [-0.3, -0.25) is 14.4 Å². The number of hydrogen-bond donors (Lipinski definition) is 0. The molecule has 0 N–H and O–H groups in total. The molecule has 0 saturated heterocycles. The molecule has 0 saturated carbocycles. The molecule has 0 spiro atoms. The third kappa shape index (κ3) is 35.3. The molecule has 0 bridgehead atoms. The van der Waals surface area contributed by atoms with Crippen molar-refractivity contribution in [2.45, 2.75) is 219 Å². The predicted octanol–water partition coefficient (Wildman–Crippen LogP) is 12.3. The number of unbranched alkanes of at least 4 members (excludes halogenated alkanes) is 23. The number of ether oxygens (including phenoxy) is 3. The van der Waals surface area contributed by atoms with Crippen molar-refractivity contribution in [2.75, 3.05) is 13.2 Å². The molecule has 1 unspecified atom stereocenters. The van der Waals surface area contributed by atoms with Gasteiger partial charge in [0, 0.05) is 19.3 Å². The maximum atomic E-state index is 12.5. The summed E-state index contributed by atoms with van der Waals surface area (Å²) in [5.74, 6) is -0.896. The van der Waals surface area contributed by atoms with Gasteiger partial charge in [-0.15, -0.1) is 0 Å². The molecule has 0 aliphatic rings. The molecule has 6 heteroatoms. The highest BCUT2D eigenvalue weighted by molar-refractivity contribution is 5.71. The van der Waals surface area contributed by atoms with Gasteiger partial charge in [0.2, 0.25) is 0 Å². The summed E-state index contributed by atoms with van der Waals surface area (Å²) in [6, 6.07) is 0. The van der Waals surface area contributed by atoms with Crippen LogP contribution in [0, 0.1) is 0 Å². The van der Waals surface area contributed by atoms with Crippen molar-refractivity contribution in [3.8, 4) is 0 Å². The number of rotatable bonds is 36. The molecule has 47 heavy (non-hydrogen) atoms. The van der Waals surface area contributed by atoms with Crippen LogP contribution in [0.1, 0.15) is 213 Å². The first-order chi connectivity index (χ1) is 23.0. The van der Waals surface area contributed by atoms with E-state index in [1.807, 2.05) is 0 Å². The van der Waals surface area contributed by atoms with Crippen LogP contribution < -0.4 is 0 Å². The molecular formula is C41H76O6. The average molecular weight is 665 g/mol. The molecule has 0 amide bonds. The van der Waals surface area contributed by atoms with Crippen molar-refractivity contribution >= 4 is 17.9 Å². The van der Waals surface area contributed by atoms with Crippen LogP contribution in [0.5, 0.6) is 0 Å². The van der Waals surface area contributed by atoms with Crippen LogP contribution in [0.2, 0.25) is 0 Å². The number of esters is 3. The molecule has 6 nitrogen and oxygen atoms in total. The van der Waals surface area contributed by atoms with Crippen LogP contribution >= 0.6 is 0 Å². The normalized spacial score (nSPS) is 12.0. The SMILES string of the molecule is CCCCCCCC/C=C\CCCCCCCC(=O)OCC(COC(=O)CCCCCCC)OC(=O)CCCCCCCCCCC. The van der Waals surface area contributed by atoms with Crippen LogP contribution in [-0.4, -0.2) is 37.2 Å². The smallest absolute Gasteiger partial charge is 0.306 e. The van der Waals surface area contributed by atoms with Crippen molar-refractivity contribution in [1.82, 2.24) is 0 Å². The molecule has 0 aliphatic heterocycles. The fourth-order valence-corrected chi connectivity index (χ4v) is 5.67. The topological polar surface area (TPSA) is 78.9 Å². The molecule has 0 heterocycles. The fourth-order valence-electron chi connectivity index (χ4n) is 5.67. The second kappa shape index (κ2) is 37.0. The first kappa shape index (κ1) is 45.2. The number of hydrogen-bond acceptors (Lipinski definition) is 6. The summed E-state index contributed by atoms with van der Waals surface area (Å²) in [5.41, 5.74) is 0. The second-order valence-electron chi connectivity index (χ2n) is 13.6. The molecular weight excluding hydrogens is 588 g/mol. The minimum Gasteiger partial charge on any atom is -0.462 e. The molecule has 276 valence electrons. The second-order valence-corrected chi connectivity index (χ2v) is 13.6. The zero-order valence-electron chi connectivity index (χ0n) is 31.3. The summed E-state index contributed by atoms with van der Waals surface area (Å²) in [7, 11) is 0. The van der Waals surface area contributed by atoms with E-state index in [0.29, 0.717) is 19.3 Å². The third-order valence-electron chi connectivity index (χ3n) is 8.77. The van der Waals surface area contributed by atoms with Gasteiger partial charge in [-0.2, -0.15) is 0 Å². The Morgan fingerprint density at radius 1 is 0.404 bits per heavy atom. The minimum atomic E-state index is -0.761. The van der Waals surface area contributed by atoms with E-state index in [0.717, 1.165) is 70.6 Å².